The van der Waals surface area contributed by atoms with Crippen molar-refractivity contribution in [3.05, 3.63) is 24.3 Å². The van der Waals surface area contributed by atoms with Crippen molar-refractivity contribution < 1.29 is 19.7 Å². The van der Waals surface area contributed by atoms with Gasteiger partial charge in [-0.25, -0.2) is 4.98 Å². The van der Waals surface area contributed by atoms with Crippen LogP contribution in [0.25, 0.3) is 10.9 Å². The van der Waals surface area contributed by atoms with Gasteiger partial charge in [0.15, 0.2) is 0 Å². The molecule has 0 radical (unpaired) electrons. The number of methoxy groups -OCH3 is 1. The second-order valence-electron chi connectivity index (χ2n) is 5.10. The fraction of sp³-hybridized carbons (Fsp3) is 0.471. The molecular formula is C17H24N2O4. The van der Waals surface area contributed by atoms with Crippen LogP contribution in [-0.4, -0.2) is 59.6 Å². The van der Waals surface area contributed by atoms with E-state index in [2.05, 4.69) is 9.88 Å². The highest BCUT2D eigenvalue weighted by atomic mass is 16.5. The number of benzene rings is 1. The Morgan fingerprint density at radius 3 is 2.70 bits per heavy atom. The number of aliphatic hydroxyl groups excluding tert-OH is 1. The molecule has 6 nitrogen and oxygen atoms in total. The molecule has 1 aliphatic heterocycles. The molecule has 23 heavy (non-hydrogen) atoms. The predicted molar refractivity (Wildman–Crippen MR) is 89.2 cm³/mol. The lowest BCUT2D eigenvalue weighted by Crippen LogP contribution is -2.51. The van der Waals surface area contributed by atoms with Crippen molar-refractivity contribution in [2.24, 2.45) is 0 Å². The van der Waals surface area contributed by atoms with E-state index in [1.165, 1.54) is 0 Å². The van der Waals surface area contributed by atoms with Gasteiger partial charge in [-0.3, -0.25) is 4.90 Å². The van der Waals surface area contributed by atoms with Gasteiger partial charge in [-0.15, -0.1) is 0 Å². The lowest BCUT2D eigenvalue weighted by Gasteiger charge is -2.35. The number of rotatable bonds is 5. The minimum atomic E-state index is -0.208. The molecule has 2 N–H and O–H groups in total. The molecule has 1 saturated heterocycles. The number of phenols is 1. The standard InChI is InChI=1S/C15H18N2O4.C2H6/c1-20-13-7-14(21-6-5-17-8-10(18)9-17)16-15-11(13)3-2-4-12(15)19;1-2/h2-4,7,10,18-19H,5-6,8-9H2,1H3;1-2H3. The van der Waals surface area contributed by atoms with Crippen molar-refractivity contribution in [1.82, 2.24) is 9.88 Å². The van der Waals surface area contributed by atoms with Crippen molar-refractivity contribution in [2.45, 2.75) is 20.0 Å². The topological polar surface area (TPSA) is 75.1 Å². The molecule has 1 aliphatic rings. The molecule has 2 aromatic rings. The number of hydrogen-bond donors (Lipinski definition) is 2. The Hall–Kier alpha value is -2.05. The molecule has 1 aromatic heterocycles. The number of phenolic OH excluding ortho intramolecular Hbond substituents is 1. The van der Waals surface area contributed by atoms with Gasteiger partial charge in [0.1, 0.15) is 23.6 Å². The second kappa shape index (κ2) is 7.99. The van der Waals surface area contributed by atoms with Crippen LogP contribution in [0.3, 0.4) is 0 Å². The predicted octanol–water partition coefficient (Wildman–Crippen LogP) is 2.03. The van der Waals surface area contributed by atoms with Crippen molar-refractivity contribution in [3.8, 4) is 17.4 Å². The van der Waals surface area contributed by atoms with E-state index in [1.54, 1.807) is 25.3 Å². The maximum absolute atomic E-state index is 9.90. The first-order valence-electron chi connectivity index (χ1n) is 7.87. The van der Waals surface area contributed by atoms with Crippen LogP contribution in [-0.2, 0) is 0 Å². The van der Waals surface area contributed by atoms with E-state index in [-0.39, 0.29) is 11.9 Å². The molecule has 3 rings (SSSR count). The number of β-amino-alcohol motifs (C(OH)–C–C–N with tert-alkyl or cyclic N) is 1. The van der Waals surface area contributed by atoms with Crippen LogP contribution in [0, 0.1) is 0 Å². The smallest absolute Gasteiger partial charge is 0.217 e. The summed E-state index contributed by atoms with van der Waals surface area (Å²) < 4.78 is 11.0. The summed E-state index contributed by atoms with van der Waals surface area (Å²) in [6, 6.07) is 6.89. The van der Waals surface area contributed by atoms with Gasteiger partial charge in [0.25, 0.3) is 0 Å². The summed E-state index contributed by atoms with van der Waals surface area (Å²) in [6.45, 7) is 6.60. The van der Waals surface area contributed by atoms with Gasteiger partial charge in [-0.2, -0.15) is 0 Å². The van der Waals surface area contributed by atoms with E-state index in [1.807, 2.05) is 19.9 Å². The van der Waals surface area contributed by atoms with Gasteiger partial charge in [0, 0.05) is 31.1 Å². The van der Waals surface area contributed by atoms with Gasteiger partial charge in [-0.1, -0.05) is 19.9 Å². The summed E-state index contributed by atoms with van der Waals surface area (Å²) in [6.07, 6.45) is -0.208. The number of pyridine rings is 1. The number of hydrogen-bond acceptors (Lipinski definition) is 6. The fourth-order valence-electron chi connectivity index (χ4n) is 2.43. The van der Waals surface area contributed by atoms with Crippen LogP contribution in [0.2, 0.25) is 0 Å². The first kappa shape index (κ1) is 17.3. The monoisotopic (exact) mass is 320 g/mol. The molecule has 6 heteroatoms. The van der Waals surface area contributed by atoms with Crippen LogP contribution >= 0.6 is 0 Å². The van der Waals surface area contributed by atoms with Crippen molar-refractivity contribution in [2.75, 3.05) is 33.4 Å². The van der Waals surface area contributed by atoms with Gasteiger partial charge in [0.05, 0.1) is 13.2 Å². The molecular weight excluding hydrogens is 296 g/mol. The van der Waals surface area contributed by atoms with E-state index >= 15 is 0 Å². The third-order valence-corrected chi connectivity index (χ3v) is 3.57. The number of nitrogens with zero attached hydrogens (tertiary/aromatic N) is 2. The zero-order valence-corrected chi connectivity index (χ0v) is 13.8. The van der Waals surface area contributed by atoms with E-state index in [9.17, 15) is 10.2 Å². The number of likely N-dealkylation sites (tertiary alicyclic amines) is 1. The van der Waals surface area contributed by atoms with Crippen molar-refractivity contribution >= 4 is 10.9 Å². The van der Waals surface area contributed by atoms with E-state index in [4.69, 9.17) is 9.47 Å². The van der Waals surface area contributed by atoms with Gasteiger partial charge < -0.3 is 19.7 Å². The van der Waals surface area contributed by atoms with E-state index in [0.29, 0.717) is 36.8 Å². The first-order chi connectivity index (χ1) is 11.2. The number of para-hydroxylation sites is 1. The molecule has 1 aromatic carbocycles. The van der Waals surface area contributed by atoms with Crippen LogP contribution in [0.5, 0.6) is 17.4 Å². The van der Waals surface area contributed by atoms with Crippen LogP contribution in [0.1, 0.15) is 13.8 Å². The maximum Gasteiger partial charge on any atom is 0.217 e. The molecule has 0 aliphatic carbocycles. The molecule has 2 heterocycles. The zero-order chi connectivity index (χ0) is 16.8. The molecule has 0 atom stereocenters. The zero-order valence-electron chi connectivity index (χ0n) is 13.8. The molecule has 0 unspecified atom stereocenters. The normalized spacial score (nSPS) is 14.8. The average Bonchev–Trinajstić information content (AvgIpc) is 2.55. The maximum atomic E-state index is 9.90. The second-order valence-corrected chi connectivity index (χ2v) is 5.10. The van der Waals surface area contributed by atoms with Gasteiger partial charge >= 0.3 is 0 Å². The number of aromatic hydroxyl groups is 1. The Kier molecular flexibility index (Phi) is 6.01. The first-order valence-corrected chi connectivity index (χ1v) is 7.87. The molecule has 1 fully saturated rings. The highest BCUT2D eigenvalue weighted by Gasteiger charge is 2.23. The van der Waals surface area contributed by atoms with E-state index in [0.717, 1.165) is 11.9 Å². The lowest BCUT2D eigenvalue weighted by atomic mass is 10.2. The van der Waals surface area contributed by atoms with Crippen molar-refractivity contribution in [3.63, 3.8) is 0 Å². The SMILES string of the molecule is CC.COc1cc(OCCN2CC(O)C2)nc2c(O)cccc12. The number of aromatic nitrogens is 1. The molecule has 0 spiro atoms. The minimum Gasteiger partial charge on any atom is -0.506 e. The Morgan fingerprint density at radius 1 is 1.30 bits per heavy atom. The van der Waals surface area contributed by atoms with Gasteiger partial charge in [-0.05, 0) is 12.1 Å². The Morgan fingerprint density at radius 2 is 2.04 bits per heavy atom. The lowest BCUT2D eigenvalue weighted by molar-refractivity contribution is -0.00411. The molecule has 126 valence electrons. The minimum absolute atomic E-state index is 0.0992. The van der Waals surface area contributed by atoms with Crippen LogP contribution in [0.4, 0.5) is 0 Å². The third kappa shape index (κ3) is 4.03. The van der Waals surface area contributed by atoms with E-state index < -0.39 is 0 Å². The molecule has 0 bridgehead atoms. The number of fused-ring (bicyclic) bond motifs is 1. The fourth-order valence-corrected chi connectivity index (χ4v) is 2.43. The summed E-state index contributed by atoms with van der Waals surface area (Å²) >= 11 is 0. The summed E-state index contributed by atoms with van der Waals surface area (Å²) in [5, 5.41) is 19.9. The Labute approximate surface area is 136 Å². The summed E-state index contributed by atoms with van der Waals surface area (Å²) in [7, 11) is 1.57. The van der Waals surface area contributed by atoms with Crippen LogP contribution in [0.15, 0.2) is 24.3 Å². The Bertz CT molecular complexity index is 642. The molecule has 0 amide bonds. The number of ether oxygens (including phenoxy) is 2. The largest absolute Gasteiger partial charge is 0.506 e. The summed E-state index contributed by atoms with van der Waals surface area (Å²) in [4.78, 5) is 6.42. The highest BCUT2D eigenvalue weighted by molar-refractivity contribution is 5.90. The van der Waals surface area contributed by atoms with Crippen LogP contribution < -0.4 is 9.47 Å². The third-order valence-electron chi connectivity index (χ3n) is 3.57. The van der Waals surface area contributed by atoms with Crippen molar-refractivity contribution in [1.29, 1.82) is 0 Å². The quantitative estimate of drug-likeness (QED) is 0.878. The highest BCUT2D eigenvalue weighted by Crippen LogP contribution is 2.32. The summed E-state index contributed by atoms with van der Waals surface area (Å²) in [5.74, 6) is 1.13. The molecule has 0 saturated carbocycles. The van der Waals surface area contributed by atoms with Gasteiger partial charge in [0.2, 0.25) is 5.88 Å². The average molecular weight is 320 g/mol. The Balaban J connectivity index is 0.000000924. The number of aliphatic hydroxyl groups is 1. The summed E-state index contributed by atoms with van der Waals surface area (Å²) in [5.41, 5.74) is 0.464.